The van der Waals surface area contributed by atoms with Crippen molar-refractivity contribution in [1.82, 2.24) is 24.5 Å². The molecular formula is C26H32ClN9O3. The molecule has 0 bridgehead atoms. The highest BCUT2D eigenvalue weighted by Gasteiger charge is 2.30. The highest BCUT2D eigenvalue weighted by atomic mass is 35.5. The van der Waals surface area contributed by atoms with Crippen molar-refractivity contribution in [2.24, 2.45) is 0 Å². The SMILES string of the molecule is CC[C@H](Nc1nc(N)nc(C)c1C#N)c1nc2cccc(Cl)c2c(=O)n1N1CCN(C(=O)OC(C)(C)C)CC1. The predicted molar refractivity (Wildman–Crippen MR) is 149 cm³/mol. The molecule has 13 heteroatoms. The first kappa shape index (κ1) is 27.9. The molecule has 0 radical (unpaired) electrons. The largest absolute Gasteiger partial charge is 0.444 e. The van der Waals surface area contributed by atoms with Crippen molar-refractivity contribution in [2.75, 3.05) is 42.2 Å². The number of amides is 1. The minimum Gasteiger partial charge on any atom is -0.444 e. The lowest BCUT2D eigenvalue weighted by Gasteiger charge is -2.38. The Balaban J connectivity index is 1.77. The van der Waals surface area contributed by atoms with Gasteiger partial charge in [-0.05, 0) is 46.2 Å². The van der Waals surface area contributed by atoms with Crippen LogP contribution in [0.15, 0.2) is 23.0 Å². The number of aromatic nitrogens is 4. The number of nitrogen functional groups attached to an aromatic ring is 1. The molecular weight excluding hydrogens is 522 g/mol. The Morgan fingerprint density at radius 1 is 1.23 bits per heavy atom. The number of halogens is 1. The van der Waals surface area contributed by atoms with E-state index < -0.39 is 17.7 Å². The summed E-state index contributed by atoms with van der Waals surface area (Å²) in [5.74, 6) is 0.704. The molecule has 1 atom stereocenters. The number of nitrogens with one attached hydrogen (secondary N) is 1. The standard InChI is InChI=1S/C26H32ClN9O3/c1-6-18(31-21-16(14-28)15(2)30-24(29)33-21)22-32-19-9-7-8-17(27)20(19)23(37)36(22)35-12-10-34(11-13-35)25(38)39-26(3,4)5/h7-9,18H,6,10-13H2,1-5H3,(H3,29,30,31,33)/t18-/m0/s1. The summed E-state index contributed by atoms with van der Waals surface area (Å²) < 4.78 is 7.03. The number of nitrogens with two attached hydrogens (primary N) is 1. The second kappa shape index (κ2) is 10.9. The number of carbonyl (C=O) groups is 1. The van der Waals surface area contributed by atoms with Crippen LogP contribution >= 0.6 is 11.6 Å². The molecule has 2 aromatic heterocycles. The van der Waals surface area contributed by atoms with Crippen LogP contribution in [0.5, 0.6) is 0 Å². The van der Waals surface area contributed by atoms with Gasteiger partial charge in [0.2, 0.25) is 5.95 Å². The average molecular weight is 554 g/mol. The van der Waals surface area contributed by atoms with Crippen LogP contribution in [0.1, 0.15) is 57.2 Å². The van der Waals surface area contributed by atoms with Crippen LogP contribution in [0.2, 0.25) is 5.02 Å². The molecule has 4 rings (SSSR count). The van der Waals surface area contributed by atoms with E-state index in [1.807, 2.05) is 32.7 Å². The maximum atomic E-state index is 13.9. The van der Waals surface area contributed by atoms with Gasteiger partial charge < -0.3 is 25.7 Å². The number of fused-ring (bicyclic) bond motifs is 1. The van der Waals surface area contributed by atoms with E-state index in [0.717, 1.165) is 0 Å². The first-order valence-corrected chi connectivity index (χ1v) is 13.1. The molecule has 0 saturated carbocycles. The van der Waals surface area contributed by atoms with Crippen molar-refractivity contribution in [3.05, 3.63) is 50.7 Å². The molecule has 39 heavy (non-hydrogen) atoms. The van der Waals surface area contributed by atoms with E-state index >= 15 is 0 Å². The lowest BCUT2D eigenvalue weighted by Crippen LogP contribution is -2.57. The van der Waals surface area contributed by atoms with Gasteiger partial charge in [-0.2, -0.15) is 10.2 Å². The van der Waals surface area contributed by atoms with Crippen molar-refractivity contribution < 1.29 is 9.53 Å². The number of piperazine rings is 1. The summed E-state index contributed by atoms with van der Waals surface area (Å²) in [6.07, 6.45) is 0.104. The number of benzene rings is 1. The fourth-order valence-electron chi connectivity index (χ4n) is 4.45. The Labute approximate surface area is 231 Å². The Kier molecular flexibility index (Phi) is 7.83. The number of carbonyl (C=O) groups excluding carboxylic acids is 1. The fourth-order valence-corrected chi connectivity index (χ4v) is 4.70. The second-order valence-corrected chi connectivity index (χ2v) is 10.7. The fraction of sp³-hybridized carbons (Fsp3) is 0.462. The van der Waals surface area contributed by atoms with Crippen LogP contribution < -0.4 is 21.6 Å². The van der Waals surface area contributed by atoms with E-state index in [9.17, 15) is 14.9 Å². The Bertz CT molecular complexity index is 1500. The van der Waals surface area contributed by atoms with Gasteiger partial charge in [0, 0.05) is 13.1 Å². The molecule has 1 fully saturated rings. The van der Waals surface area contributed by atoms with Crippen LogP contribution in [-0.2, 0) is 4.74 Å². The average Bonchev–Trinajstić information content (AvgIpc) is 2.86. The van der Waals surface area contributed by atoms with Gasteiger partial charge in [0.05, 0.1) is 40.8 Å². The Hall–Kier alpha value is -4.11. The molecule has 206 valence electrons. The minimum atomic E-state index is -0.609. The van der Waals surface area contributed by atoms with Crippen molar-refractivity contribution in [3.8, 4) is 6.07 Å². The second-order valence-electron chi connectivity index (χ2n) is 10.2. The summed E-state index contributed by atoms with van der Waals surface area (Å²) in [5.41, 5.74) is 6.08. The third-order valence-electron chi connectivity index (χ3n) is 6.29. The molecule has 3 N–H and O–H groups in total. The zero-order valence-corrected chi connectivity index (χ0v) is 23.4. The lowest BCUT2D eigenvalue weighted by molar-refractivity contribution is 0.0231. The monoisotopic (exact) mass is 553 g/mol. The van der Waals surface area contributed by atoms with E-state index in [-0.39, 0.29) is 22.9 Å². The number of nitriles is 1. The summed E-state index contributed by atoms with van der Waals surface area (Å²) >= 11 is 6.45. The Morgan fingerprint density at radius 2 is 1.92 bits per heavy atom. The summed E-state index contributed by atoms with van der Waals surface area (Å²) in [5, 5.41) is 15.4. The molecule has 1 aliphatic rings. The van der Waals surface area contributed by atoms with E-state index in [1.165, 1.54) is 4.68 Å². The lowest BCUT2D eigenvalue weighted by atomic mass is 10.1. The van der Waals surface area contributed by atoms with Gasteiger partial charge in [-0.3, -0.25) is 4.79 Å². The molecule has 0 aliphatic carbocycles. The smallest absolute Gasteiger partial charge is 0.410 e. The summed E-state index contributed by atoms with van der Waals surface area (Å²) in [6, 6.07) is 6.72. The molecule has 3 heterocycles. The van der Waals surface area contributed by atoms with Crippen LogP contribution in [0.3, 0.4) is 0 Å². The number of hydrogen-bond acceptors (Lipinski definition) is 10. The first-order chi connectivity index (χ1) is 18.4. The van der Waals surface area contributed by atoms with E-state index in [1.54, 1.807) is 30.0 Å². The van der Waals surface area contributed by atoms with Gasteiger partial charge in [0.25, 0.3) is 5.56 Å². The third-order valence-corrected chi connectivity index (χ3v) is 6.61. The van der Waals surface area contributed by atoms with E-state index in [2.05, 4.69) is 21.4 Å². The van der Waals surface area contributed by atoms with Crippen LogP contribution in [0, 0.1) is 18.3 Å². The normalized spacial score (nSPS) is 14.7. The topological polar surface area (TPSA) is 155 Å². The number of hydrogen-bond donors (Lipinski definition) is 2. The Morgan fingerprint density at radius 3 is 2.54 bits per heavy atom. The molecule has 0 unspecified atom stereocenters. The minimum absolute atomic E-state index is 0.0257. The molecule has 3 aromatic rings. The van der Waals surface area contributed by atoms with Crippen LogP contribution in [0.4, 0.5) is 16.6 Å². The van der Waals surface area contributed by atoms with Crippen molar-refractivity contribution in [2.45, 2.75) is 52.7 Å². The number of anilines is 2. The van der Waals surface area contributed by atoms with Gasteiger partial charge in [-0.25, -0.2) is 19.4 Å². The van der Waals surface area contributed by atoms with E-state index in [4.69, 9.17) is 27.1 Å². The van der Waals surface area contributed by atoms with Gasteiger partial charge in [-0.1, -0.05) is 24.6 Å². The molecule has 1 saturated heterocycles. The predicted octanol–water partition coefficient (Wildman–Crippen LogP) is 3.35. The number of rotatable bonds is 5. The zero-order valence-electron chi connectivity index (χ0n) is 22.7. The molecule has 1 aliphatic heterocycles. The summed E-state index contributed by atoms with van der Waals surface area (Å²) in [7, 11) is 0. The van der Waals surface area contributed by atoms with Crippen LogP contribution in [-0.4, -0.2) is 62.4 Å². The van der Waals surface area contributed by atoms with Crippen molar-refractivity contribution in [3.63, 3.8) is 0 Å². The van der Waals surface area contributed by atoms with Crippen molar-refractivity contribution >= 4 is 40.4 Å². The highest BCUT2D eigenvalue weighted by Crippen LogP contribution is 2.27. The van der Waals surface area contributed by atoms with Gasteiger partial charge >= 0.3 is 6.09 Å². The molecule has 12 nitrogen and oxygen atoms in total. The van der Waals surface area contributed by atoms with Gasteiger partial charge in [0.1, 0.15) is 23.1 Å². The summed E-state index contributed by atoms with van der Waals surface area (Å²) in [4.78, 5) is 41.3. The van der Waals surface area contributed by atoms with Crippen LogP contribution in [0.25, 0.3) is 10.9 Å². The molecule has 1 aromatic carbocycles. The van der Waals surface area contributed by atoms with Gasteiger partial charge in [-0.15, -0.1) is 0 Å². The van der Waals surface area contributed by atoms with E-state index in [0.29, 0.717) is 60.0 Å². The van der Waals surface area contributed by atoms with Gasteiger partial charge in [0.15, 0.2) is 5.82 Å². The third kappa shape index (κ3) is 5.83. The first-order valence-electron chi connectivity index (χ1n) is 12.7. The number of nitrogens with zero attached hydrogens (tertiary/aromatic N) is 7. The maximum Gasteiger partial charge on any atom is 0.410 e. The molecule has 1 amide bonds. The van der Waals surface area contributed by atoms with Crippen molar-refractivity contribution in [1.29, 1.82) is 5.26 Å². The summed E-state index contributed by atoms with van der Waals surface area (Å²) in [6.45, 7) is 10.5. The number of aryl methyl sites for hydroxylation is 1. The maximum absolute atomic E-state index is 13.9. The molecule has 0 spiro atoms. The zero-order chi connectivity index (χ0) is 28.5. The quantitative estimate of drug-likeness (QED) is 0.480. The highest BCUT2D eigenvalue weighted by molar-refractivity contribution is 6.35. The number of ether oxygens (including phenoxy) is 1.